The van der Waals surface area contributed by atoms with Crippen molar-refractivity contribution in [2.45, 2.75) is 26.0 Å². The minimum atomic E-state index is -0.122. The topological polar surface area (TPSA) is 67.0 Å². The highest BCUT2D eigenvalue weighted by Gasteiger charge is 2.18. The summed E-state index contributed by atoms with van der Waals surface area (Å²) in [5.74, 6) is 2.51. The normalized spacial score (nSPS) is 16.7. The van der Waals surface area contributed by atoms with Crippen LogP contribution in [-0.4, -0.2) is 33.5 Å². The molecule has 0 aliphatic carbocycles. The number of nitrogens with one attached hydrogen (secondary N) is 2. The van der Waals surface area contributed by atoms with Crippen LogP contribution < -0.4 is 10.1 Å². The van der Waals surface area contributed by atoms with Gasteiger partial charge < -0.3 is 15.0 Å². The van der Waals surface area contributed by atoms with Crippen LogP contribution in [0.4, 0.5) is 0 Å². The lowest BCUT2D eigenvalue weighted by Crippen LogP contribution is -2.23. The van der Waals surface area contributed by atoms with Crippen LogP contribution in [0.3, 0.4) is 0 Å². The fourth-order valence-corrected chi connectivity index (χ4v) is 4.21. The standard InChI is InChI=1S/C20H21N3O2S/c1-13-8-16-9-14(2-3-18(16)23-13)11-22-20(24)15-4-6-21-19(10-15)25-17-5-7-26-12-17/h2-4,6,8-10,17,23H,5,7,11-12H2,1H3,(H,22,24). The fraction of sp³-hybridized carbons (Fsp3) is 0.300. The number of pyridine rings is 1. The summed E-state index contributed by atoms with van der Waals surface area (Å²) in [4.78, 5) is 20.0. The van der Waals surface area contributed by atoms with E-state index in [2.05, 4.69) is 27.4 Å². The van der Waals surface area contributed by atoms with Crippen molar-refractivity contribution in [1.82, 2.24) is 15.3 Å². The van der Waals surface area contributed by atoms with Crippen LogP contribution in [0, 0.1) is 6.92 Å². The lowest BCUT2D eigenvalue weighted by molar-refractivity contribution is 0.0950. The molecule has 5 nitrogen and oxygen atoms in total. The van der Waals surface area contributed by atoms with Gasteiger partial charge in [-0.2, -0.15) is 11.8 Å². The highest BCUT2D eigenvalue weighted by Crippen LogP contribution is 2.22. The number of thioether (sulfide) groups is 1. The molecule has 0 spiro atoms. The molecule has 0 saturated carbocycles. The van der Waals surface area contributed by atoms with Gasteiger partial charge in [-0.3, -0.25) is 4.79 Å². The van der Waals surface area contributed by atoms with E-state index in [1.807, 2.05) is 30.8 Å². The molecule has 6 heteroatoms. The van der Waals surface area contributed by atoms with Gasteiger partial charge in [0.25, 0.3) is 5.91 Å². The third kappa shape index (κ3) is 3.85. The average Bonchev–Trinajstić information content (AvgIpc) is 3.27. The third-order valence-electron chi connectivity index (χ3n) is 4.45. The number of hydrogen-bond donors (Lipinski definition) is 2. The number of benzene rings is 1. The van der Waals surface area contributed by atoms with Crippen LogP contribution in [0.5, 0.6) is 5.88 Å². The third-order valence-corrected chi connectivity index (χ3v) is 5.58. The molecule has 1 aliphatic rings. The van der Waals surface area contributed by atoms with Crippen LogP contribution in [0.1, 0.15) is 28.0 Å². The Kier molecular flexibility index (Phi) is 4.84. The number of carbonyl (C=O) groups is 1. The van der Waals surface area contributed by atoms with Crippen molar-refractivity contribution in [1.29, 1.82) is 0 Å². The molecule has 1 amide bonds. The Morgan fingerprint density at radius 2 is 2.27 bits per heavy atom. The molecule has 1 saturated heterocycles. The number of aryl methyl sites for hydroxylation is 1. The maximum absolute atomic E-state index is 12.5. The van der Waals surface area contributed by atoms with E-state index in [0.29, 0.717) is 18.0 Å². The van der Waals surface area contributed by atoms with Gasteiger partial charge >= 0.3 is 0 Å². The summed E-state index contributed by atoms with van der Waals surface area (Å²) in [6.45, 7) is 2.52. The molecule has 134 valence electrons. The maximum atomic E-state index is 12.5. The zero-order chi connectivity index (χ0) is 17.9. The van der Waals surface area contributed by atoms with Crippen molar-refractivity contribution in [2.24, 2.45) is 0 Å². The van der Waals surface area contributed by atoms with Gasteiger partial charge in [0.15, 0.2) is 0 Å². The van der Waals surface area contributed by atoms with E-state index < -0.39 is 0 Å². The number of aromatic amines is 1. The number of amides is 1. The largest absolute Gasteiger partial charge is 0.473 e. The second-order valence-corrected chi connectivity index (χ2v) is 7.69. The fourth-order valence-electron chi connectivity index (χ4n) is 3.11. The summed E-state index contributed by atoms with van der Waals surface area (Å²) in [7, 11) is 0. The molecule has 2 N–H and O–H groups in total. The van der Waals surface area contributed by atoms with Crippen molar-refractivity contribution in [3.05, 3.63) is 59.4 Å². The number of fused-ring (bicyclic) bond motifs is 1. The first kappa shape index (κ1) is 17.0. The number of ether oxygens (including phenoxy) is 1. The Bertz CT molecular complexity index is 932. The lowest BCUT2D eigenvalue weighted by Gasteiger charge is -2.12. The monoisotopic (exact) mass is 367 g/mol. The number of nitrogens with zero attached hydrogens (tertiary/aromatic N) is 1. The van der Waals surface area contributed by atoms with Gasteiger partial charge in [0.2, 0.25) is 5.88 Å². The second-order valence-electron chi connectivity index (χ2n) is 6.54. The smallest absolute Gasteiger partial charge is 0.251 e. The van der Waals surface area contributed by atoms with E-state index in [0.717, 1.165) is 40.1 Å². The van der Waals surface area contributed by atoms with E-state index in [4.69, 9.17) is 4.74 Å². The Morgan fingerprint density at radius 3 is 3.12 bits per heavy atom. The minimum Gasteiger partial charge on any atom is -0.473 e. The molecule has 0 bridgehead atoms. The molecule has 26 heavy (non-hydrogen) atoms. The number of aromatic nitrogens is 2. The first-order chi connectivity index (χ1) is 12.7. The summed E-state index contributed by atoms with van der Waals surface area (Å²) in [5.41, 5.74) is 3.88. The number of rotatable bonds is 5. The van der Waals surface area contributed by atoms with Gasteiger partial charge in [-0.15, -0.1) is 0 Å². The van der Waals surface area contributed by atoms with Crippen LogP contribution in [0.2, 0.25) is 0 Å². The molecule has 1 unspecified atom stereocenters. The first-order valence-electron chi connectivity index (χ1n) is 8.74. The predicted molar refractivity (Wildman–Crippen MR) is 105 cm³/mol. The molecule has 0 radical (unpaired) electrons. The Labute approximate surface area is 156 Å². The van der Waals surface area contributed by atoms with Gasteiger partial charge in [0.1, 0.15) is 6.10 Å². The molecular weight excluding hydrogens is 346 g/mol. The zero-order valence-corrected chi connectivity index (χ0v) is 15.4. The number of H-pyrrole nitrogens is 1. The zero-order valence-electron chi connectivity index (χ0n) is 14.6. The minimum absolute atomic E-state index is 0.122. The molecular formula is C20H21N3O2S. The lowest BCUT2D eigenvalue weighted by atomic mass is 10.1. The molecule has 2 aromatic heterocycles. The van der Waals surface area contributed by atoms with Crippen LogP contribution >= 0.6 is 11.8 Å². The van der Waals surface area contributed by atoms with Gasteiger partial charge in [-0.1, -0.05) is 6.07 Å². The summed E-state index contributed by atoms with van der Waals surface area (Å²) in [5, 5.41) is 4.13. The van der Waals surface area contributed by atoms with Crippen molar-refractivity contribution in [2.75, 3.05) is 11.5 Å². The van der Waals surface area contributed by atoms with Crippen LogP contribution in [-0.2, 0) is 6.54 Å². The summed E-state index contributed by atoms with van der Waals surface area (Å²) in [6.07, 6.45) is 2.85. The van der Waals surface area contributed by atoms with Crippen molar-refractivity contribution >= 4 is 28.6 Å². The van der Waals surface area contributed by atoms with Gasteiger partial charge in [0, 0.05) is 41.3 Å². The molecule has 1 aromatic carbocycles. The Hall–Kier alpha value is -2.47. The average molecular weight is 367 g/mol. The van der Waals surface area contributed by atoms with Crippen LogP contribution in [0.25, 0.3) is 10.9 Å². The molecule has 3 aromatic rings. The quantitative estimate of drug-likeness (QED) is 0.722. The second kappa shape index (κ2) is 7.41. The van der Waals surface area contributed by atoms with Crippen molar-refractivity contribution in [3.63, 3.8) is 0 Å². The van der Waals surface area contributed by atoms with E-state index in [-0.39, 0.29) is 12.0 Å². The highest BCUT2D eigenvalue weighted by atomic mass is 32.2. The summed E-state index contributed by atoms with van der Waals surface area (Å²) >= 11 is 1.89. The summed E-state index contributed by atoms with van der Waals surface area (Å²) in [6, 6.07) is 11.7. The Balaban J connectivity index is 1.40. The first-order valence-corrected chi connectivity index (χ1v) is 9.90. The predicted octanol–water partition coefficient (Wildman–Crippen LogP) is 3.69. The van der Waals surface area contributed by atoms with Gasteiger partial charge in [0.05, 0.1) is 0 Å². The SMILES string of the molecule is Cc1cc2cc(CNC(=O)c3ccnc(OC4CCSC4)c3)ccc2[nH]1. The van der Waals surface area contributed by atoms with Crippen molar-refractivity contribution in [3.8, 4) is 5.88 Å². The van der Waals surface area contributed by atoms with Gasteiger partial charge in [-0.05, 0) is 54.3 Å². The Morgan fingerprint density at radius 1 is 1.35 bits per heavy atom. The molecule has 1 aliphatic heterocycles. The van der Waals surface area contributed by atoms with E-state index >= 15 is 0 Å². The van der Waals surface area contributed by atoms with Crippen molar-refractivity contribution < 1.29 is 9.53 Å². The van der Waals surface area contributed by atoms with E-state index in [9.17, 15) is 4.79 Å². The summed E-state index contributed by atoms with van der Waals surface area (Å²) < 4.78 is 5.86. The van der Waals surface area contributed by atoms with E-state index in [1.165, 1.54) is 0 Å². The van der Waals surface area contributed by atoms with Gasteiger partial charge in [-0.25, -0.2) is 4.98 Å². The number of carbonyl (C=O) groups excluding carboxylic acids is 1. The molecule has 3 heterocycles. The van der Waals surface area contributed by atoms with Crippen LogP contribution in [0.15, 0.2) is 42.6 Å². The molecule has 4 rings (SSSR count). The molecule has 1 atom stereocenters. The maximum Gasteiger partial charge on any atom is 0.251 e. The molecule has 1 fully saturated rings. The highest BCUT2D eigenvalue weighted by molar-refractivity contribution is 7.99. The van der Waals surface area contributed by atoms with E-state index in [1.54, 1.807) is 18.3 Å². The number of hydrogen-bond acceptors (Lipinski definition) is 4.